The number of piperazine rings is 1. The number of halogens is 2. The number of benzene rings is 2. The molecule has 2 aromatic carbocycles. The van der Waals surface area contributed by atoms with E-state index in [-0.39, 0.29) is 29.7 Å². The summed E-state index contributed by atoms with van der Waals surface area (Å²) in [7, 11) is 1.54. The maximum Gasteiger partial charge on any atom is 0.191 e. The number of para-hydroxylation sites is 1. The van der Waals surface area contributed by atoms with Crippen molar-refractivity contribution in [1.82, 2.24) is 4.90 Å². The number of methoxy groups -OCH3 is 1. The second-order valence-corrected chi connectivity index (χ2v) is 6.84. The van der Waals surface area contributed by atoms with Crippen LogP contribution in [-0.2, 0) is 6.42 Å². The fourth-order valence-electron chi connectivity index (χ4n) is 3.17. The van der Waals surface area contributed by atoms with Crippen LogP contribution >= 0.6 is 35.6 Å². The number of nitrogens with zero attached hydrogens (tertiary/aromatic N) is 3. The Hall–Kier alpha value is -1.87. The van der Waals surface area contributed by atoms with Gasteiger partial charge in [-0.05, 0) is 42.3 Å². The van der Waals surface area contributed by atoms with Crippen LogP contribution in [0.2, 0.25) is 5.02 Å². The average molecular weight is 517 g/mol. The zero-order chi connectivity index (χ0) is 19.2. The van der Waals surface area contributed by atoms with Crippen LogP contribution in [0.1, 0.15) is 5.56 Å². The number of aliphatic imine (C=N–C) groups is 1. The van der Waals surface area contributed by atoms with Crippen molar-refractivity contribution < 1.29 is 9.84 Å². The lowest BCUT2D eigenvalue weighted by molar-refractivity contribution is 0.370. The van der Waals surface area contributed by atoms with Gasteiger partial charge in [-0.2, -0.15) is 0 Å². The number of phenols is 1. The van der Waals surface area contributed by atoms with Crippen LogP contribution in [0.25, 0.3) is 0 Å². The van der Waals surface area contributed by atoms with Gasteiger partial charge in [0.25, 0.3) is 0 Å². The van der Waals surface area contributed by atoms with Crippen molar-refractivity contribution in [2.75, 3.05) is 44.7 Å². The molecule has 0 radical (unpaired) electrons. The van der Waals surface area contributed by atoms with Crippen LogP contribution in [0.3, 0.4) is 0 Å². The largest absolute Gasteiger partial charge is 0.504 e. The van der Waals surface area contributed by atoms with Crippen LogP contribution in [-0.4, -0.2) is 55.8 Å². The Morgan fingerprint density at radius 3 is 2.46 bits per heavy atom. The molecule has 1 heterocycles. The van der Waals surface area contributed by atoms with E-state index in [2.05, 4.69) is 14.8 Å². The van der Waals surface area contributed by atoms with Crippen molar-refractivity contribution in [3.05, 3.63) is 53.1 Å². The van der Waals surface area contributed by atoms with E-state index in [1.807, 2.05) is 36.4 Å². The number of guanidine groups is 1. The minimum atomic E-state index is 0. The molecule has 0 saturated carbocycles. The van der Waals surface area contributed by atoms with E-state index in [9.17, 15) is 5.11 Å². The van der Waals surface area contributed by atoms with Crippen LogP contribution in [0.15, 0.2) is 47.5 Å². The van der Waals surface area contributed by atoms with Gasteiger partial charge >= 0.3 is 0 Å². The number of phenolic OH excluding ortho intramolecular Hbond substituents is 1. The Labute approximate surface area is 188 Å². The van der Waals surface area contributed by atoms with Gasteiger partial charge in [0, 0.05) is 43.4 Å². The topological polar surface area (TPSA) is 74.3 Å². The summed E-state index contributed by atoms with van der Waals surface area (Å²) < 4.78 is 5.13. The highest BCUT2D eigenvalue weighted by Gasteiger charge is 2.18. The first kappa shape index (κ1) is 22.4. The highest BCUT2D eigenvalue weighted by Crippen LogP contribution is 2.29. The lowest BCUT2D eigenvalue weighted by Gasteiger charge is -2.36. The van der Waals surface area contributed by atoms with Gasteiger partial charge in [0.15, 0.2) is 17.5 Å². The van der Waals surface area contributed by atoms with E-state index >= 15 is 0 Å². The molecule has 152 valence electrons. The summed E-state index contributed by atoms with van der Waals surface area (Å²) in [6.45, 7) is 3.93. The molecule has 1 saturated heterocycles. The zero-order valence-electron chi connectivity index (χ0n) is 15.8. The van der Waals surface area contributed by atoms with E-state index in [1.54, 1.807) is 13.2 Å². The van der Waals surface area contributed by atoms with Crippen LogP contribution < -0.4 is 15.4 Å². The SMILES string of the molecule is COc1cccc(CCN=C(N)N2CCN(c3ccc(Cl)cc3)CC2)c1O.I. The lowest BCUT2D eigenvalue weighted by atomic mass is 10.1. The van der Waals surface area contributed by atoms with E-state index in [4.69, 9.17) is 22.1 Å². The van der Waals surface area contributed by atoms with E-state index in [0.29, 0.717) is 24.7 Å². The molecule has 1 aliphatic heterocycles. The normalized spacial score (nSPS) is 14.6. The van der Waals surface area contributed by atoms with E-state index in [1.165, 1.54) is 5.69 Å². The number of hydrogen-bond acceptors (Lipinski definition) is 4. The Kier molecular flexibility index (Phi) is 8.50. The summed E-state index contributed by atoms with van der Waals surface area (Å²) in [6.07, 6.45) is 0.606. The van der Waals surface area contributed by atoms with Gasteiger partial charge in [-0.25, -0.2) is 0 Å². The molecule has 3 rings (SSSR count). The molecule has 0 unspecified atom stereocenters. The Balaban J connectivity index is 0.00000280. The molecule has 3 N–H and O–H groups in total. The summed E-state index contributed by atoms with van der Waals surface area (Å²) in [6, 6.07) is 13.4. The second kappa shape index (κ2) is 10.6. The number of anilines is 1. The summed E-state index contributed by atoms with van der Waals surface area (Å²) in [5, 5.41) is 10.9. The Morgan fingerprint density at radius 2 is 1.82 bits per heavy atom. The van der Waals surface area contributed by atoms with E-state index in [0.717, 1.165) is 36.8 Å². The van der Waals surface area contributed by atoms with Gasteiger partial charge in [0.1, 0.15) is 0 Å². The second-order valence-electron chi connectivity index (χ2n) is 6.41. The van der Waals surface area contributed by atoms with Gasteiger partial charge in [-0.1, -0.05) is 23.7 Å². The quantitative estimate of drug-likeness (QED) is 0.362. The third-order valence-electron chi connectivity index (χ3n) is 4.75. The van der Waals surface area contributed by atoms with Crippen LogP contribution in [0, 0.1) is 0 Å². The minimum absolute atomic E-state index is 0. The predicted octanol–water partition coefficient (Wildman–Crippen LogP) is 3.35. The Bertz CT molecular complexity index is 793. The highest BCUT2D eigenvalue weighted by molar-refractivity contribution is 14.0. The maximum atomic E-state index is 10.1. The molecule has 6 nitrogen and oxygen atoms in total. The number of hydrogen-bond donors (Lipinski definition) is 2. The number of aromatic hydroxyl groups is 1. The van der Waals surface area contributed by atoms with Crippen LogP contribution in [0.4, 0.5) is 5.69 Å². The first-order chi connectivity index (χ1) is 13.1. The number of ether oxygens (including phenoxy) is 1. The molecular weight excluding hydrogens is 491 g/mol. The van der Waals surface area contributed by atoms with Crippen molar-refractivity contribution >= 4 is 47.2 Å². The third kappa shape index (κ3) is 5.57. The maximum absolute atomic E-state index is 10.1. The number of nitrogens with two attached hydrogens (primary N) is 1. The van der Waals surface area contributed by atoms with E-state index < -0.39 is 0 Å². The van der Waals surface area contributed by atoms with Gasteiger partial charge in [0.2, 0.25) is 0 Å². The molecule has 28 heavy (non-hydrogen) atoms. The zero-order valence-corrected chi connectivity index (χ0v) is 18.9. The highest BCUT2D eigenvalue weighted by atomic mass is 127. The van der Waals surface area contributed by atoms with Gasteiger partial charge in [-0.15, -0.1) is 24.0 Å². The van der Waals surface area contributed by atoms with Gasteiger partial charge in [-0.3, -0.25) is 4.99 Å². The Morgan fingerprint density at radius 1 is 1.14 bits per heavy atom. The molecule has 2 aromatic rings. The van der Waals surface area contributed by atoms with Crippen molar-refractivity contribution in [3.8, 4) is 11.5 Å². The molecule has 0 amide bonds. The minimum Gasteiger partial charge on any atom is -0.504 e. The standard InChI is InChI=1S/C20H25ClN4O2.HI/c1-27-18-4-2-3-15(19(18)26)9-10-23-20(22)25-13-11-24(12-14-25)17-7-5-16(21)6-8-17;/h2-8,26H,9-14H2,1H3,(H2,22,23);1H. The third-order valence-corrected chi connectivity index (χ3v) is 5.00. The molecule has 0 aromatic heterocycles. The molecule has 0 bridgehead atoms. The average Bonchev–Trinajstić information content (AvgIpc) is 2.70. The van der Waals surface area contributed by atoms with Crippen molar-refractivity contribution in [2.24, 2.45) is 10.7 Å². The molecule has 0 spiro atoms. The van der Waals surface area contributed by atoms with Crippen molar-refractivity contribution in [3.63, 3.8) is 0 Å². The molecule has 1 aliphatic rings. The summed E-state index contributed by atoms with van der Waals surface area (Å²) in [5.41, 5.74) is 8.14. The molecule has 8 heteroatoms. The molecule has 0 atom stereocenters. The summed E-state index contributed by atoms with van der Waals surface area (Å²) in [5.74, 6) is 1.20. The fourth-order valence-corrected chi connectivity index (χ4v) is 3.30. The first-order valence-corrected chi connectivity index (χ1v) is 9.36. The molecule has 0 aliphatic carbocycles. The smallest absolute Gasteiger partial charge is 0.191 e. The van der Waals surface area contributed by atoms with Gasteiger partial charge < -0.3 is 25.4 Å². The summed E-state index contributed by atoms with van der Waals surface area (Å²) >= 11 is 5.95. The van der Waals surface area contributed by atoms with Crippen molar-refractivity contribution in [2.45, 2.75) is 6.42 Å². The predicted molar refractivity (Wildman–Crippen MR) is 126 cm³/mol. The lowest BCUT2D eigenvalue weighted by Crippen LogP contribution is -2.51. The van der Waals surface area contributed by atoms with Gasteiger partial charge in [0.05, 0.1) is 7.11 Å². The molecular formula is C20H26ClIN4O2. The fraction of sp³-hybridized carbons (Fsp3) is 0.350. The summed E-state index contributed by atoms with van der Waals surface area (Å²) in [4.78, 5) is 8.89. The first-order valence-electron chi connectivity index (χ1n) is 8.98. The van der Waals surface area contributed by atoms with Crippen molar-refractivity contribution in [1.29, 1.82) is 0 Å². The van der Waals surface area contributed by atoms with Crippen LogP contribution in [0.5, 0.6) is 11.5 Å². The molecule has 1 fully saturated rings. The number of rotatable bonds is 5. The monoisotopic (exact) mass is 516 g/mol.